The summed E-state index contributed by atoms with van der Waals surface area (Å²) in [7, 11) is 1.59. The number of aliphatic hydroxyl groups excluding tert-OH is 3. The molecule has 0 amide bonds. The van der Waals surface area contributed by atoms with Gasteiger partial charge in [-0.2, -0.15) is 0 Å². The van der Waals surface area contributed by atoms with E-state index >= 15 is 0 Å². The van der Waals surface area contributed by atoms with Crippen LogP contribution in [0.5, 0.6) is 5.75 Å². The molecule has 5 atom stereocenters. The van der Waals surface area contributed by atoms with Gasteiger partial charge in [-0.1, -0.05) is 103 Å². The fourth-order valence-electron chi connectivity index (χ4n) is 5.13. The van der Waals surface area contributed by atoms with Crippen LogP contribution in [0.15, 0.2) is 115 Å². The number of hydrogen-bond donors (Lipinski definition) is 3. The van der Waals surface area contributed by atoms with Crippen LogP contribution >= 0.6 is 0 Å². The predicted molar refractivity (Wildman–Crippen MR) is 150 cm³/mol. The average Bonchev–Trinajstić information content (AvgIpc) is 3.01. The van der Waals surface area contributed by atoms with Crippen LogP contribution in [0.25, 0.3) is 0 Å². The lowest BCUT2D eigenvalue weighted by Crippen LogP contribution is -2.59. The van der Waals surface area contributed by atoms with Gasteiger partial charge in [-0.25, -0.2) is 0 Å². The first-order valence-corrected chi connectivity index (χ1v) is 13.3. The SMILES string of the molecule is COc1ccc(CO[C@@H]2[C@@H](O)[C@H](O)[C@@H](COC(c3ccccc3)(c3ccccc3)c3ccccc3)O[C@@H]2O)cc1. The van der Waals surface area contributed by atoms with Gasteiger partial charge in [-0.05, 0) is 34.4 Å². The number of hydrogen-bond acceptors (Lipinski definition) is 7. The molecule has 5 rings (SSSR count). The van der Waals surface area contributed by atoms with Crippen molar-refractivity contribution in [1.82, 2.24) is 0 Å². The molecule has 208 valence electrons. The number of aliphatic hydroxyl groups is 3. The Morgan fingerprint density at radius 3 is 1.65 bits per heavy atom. The maximum absolute atomic E-state index is 11.0. The zero-order valence-corrected chi connectivity index (χ0v) is 22.2. The molecule has 3 N–H and O–H groups in total. The summed E-state index contributed by atoms with van der Waals surface area (Å²) in [6, 6.07) is 36.7. The summed E-state index contributed by atoms with van der Waals surface area (Å²) in [4.78, 5) is 0. The molecule has 0 radical (unpaired) electrons. The molecule has 4 aromatic rings. The molecule has 7 heteroatoms. The van der Waals surface area contributed by atoms with Crippen LogP contribution in [0.3, 0.4) is 0 Å². The summed E-state index contributed by atoms with van der Waals surface area (Å²) < 4.78 is 23.4. The van der Waals surface area contributed by atoms with Gasteiger partial charge >= 0.3 is 0 Å². The Hall–Kier alpha value is -3.56. The molecule has 4 aromatic carbocycles. The predicted octanol–water partition coefficient (Wildman–Crippen LogP) is 4.03. The molecule has 0 bridgehead atoms. The van der Waals surface area contributed by atoms with Gasteiger partial charge in [0.2, 0.25) is 0 Å². The Kier molecular flexibility index (Phi) is 8.91. The average molecular weight is 543 g/mol. The van der Waals surface area contributed by atoms with Crippen LogP contribution in [0, 0.1) is 0 Å². The molecule has 0 aromatic heterocycles. The number of ether oxygens (including phenoxy) is 4. The van der Waals surface area contributed by atoms with E-state index in [1.165, 1.54) is 0 Å². The quantitative estimate of drug-likeness (QED) is 0.260. The fraction of sp³-hybridized carbons (Fsp3) is 0.273. The van der Waals surface area contributed by atoms with Crippen LogP contribution in [0.2, 0.25) is 0 Å². The lowest BCUT2D eigenvalue weighted by Gasteiger charge is -2.42. The molecule has 1 fully saturated rings. The first kappa shape index (κ1) is 28.0. The van der Waals surface area contributed by atoms with Crippen molar-refractivity contribution >= 4 is 0 Å². The van der Waals surface area contributed by atoms with E-state index in [0.29, 0.717) is 5.75 Å². The highest BCUT2D eigenvalue weighted by Crippen LogP contribution is 2.41. The molecular formula is C33H34O7. The fourth-order valence-corrected chi connectivity index (χ4v) is 5.13. The Balaban J connectivity index is 1.37. The summed E-state index contributed by atoms with van der Waals surface area (Å²) in [6.45, 7) is -0.00166. The van der Waals surface area contributed by atoms with E-state index in [1.807, 2.05) is 103 Å². The van der Waals surface area contributed by atoms with Crippen LogP contribution < -0.4 is 4.74 Å². The van der Waals surface area contributed by atoms with Gasteiger partial charge in [0.05, 0.1) is 20.3 Å². The van der Waals surface area contributed by atoms with Gasteiger partial charge in [0.1, 0.15) is 35.8 Å². The van der Waals surface area contributed by atoms with Crippen LogP contribution in [0.4, 0.5) is 0 Å². The van der Waals surface area contributed by atoms with Gasteiger partial charge < -0.3 is 34.3 Å². The molecule has 1 aliphatic heterocycles. The lowest BCUT2D eigenvalue weighted by atomic mass is 9.80. The molecule has 0 unspecified atom stereocenters. The first-order valence-electron chi connectivity index (χ1n) is 13.3. The molecule has 0 saturated carbocycles. The van der Waals surface area contributed by atoms with Gasteiger partial charge in [-0.3, -0.25) is 0 Å². The standard InChI is InChI=1S/C33H34O7/c1-37-27-19-17-23(18-20-27)21-38-31-30(35)29(34)28(40-32(31)36)22-39-33(24-11-5-2-6-12-24,25-13-7-3-8-14-25)26-15-9-4-10-16-26/h2-20,28-32,34-36H,21-22H2,1H3/t28-,29-,30+,31-,32+/m1/s1. The third-order valence-electron chi connectivity index (χ3n) is 7.27. The molecule has 1 aliphatic rings. The maximum atomic E-state index is 11.0. The van der Waals surface area contributed by atoms with E-state index in [4.69, 9.17) is 18.9 Å². The van der Waals surface area contributed by atoms with Crippen molar-refractivity contribution in [3.63, 3.8) is 0 Å². The second-order valence-corrected chi connectivity index (χ2v) is 9.76. The van der Waals surface area contributed by atoms with E-state index < -0.39 is 36.3 Å². The van der Waals surface area contributed by atoms with Gasteiger partial charge in [0.25, 0.3) is 0 Å². The highest BCUT2D eigenvalue weighted by Gasteiger charge is 2.46. The normalized spacial score (nSPS) is 23.1. The molecular weight excluding hydrogens is 508 g/mol. The van der Waals surface area contributed by atoms with Crippen molar-refractivity contribution in [2.45, 2.75) is 42.9 Å². The second-order valence-electron chi connectivity index (χ2n) is 9.76. The zero-order valence-electron chi connectivity index (χ0n) is 22.2. The highest BCUT2D eigenvalue weighted by atomic mass is 16.7. The minimum absolute atomic E-state index is 0.110. The van der Waals surface area contributed by atoms with Crippen molar-refractivity contribution < 1.29 is 34.3 Å². The van der Waals surface area contributed by atoms with Crippen molar-refractivity contribution in [3.8, 4) is 5.75 Å². The molecule has 1 saturated heterocycles. The highest BCUT2D eigenvalue weighted by molar-refractivity contribution is 5.47. The smallest absolute Gasteiger partial charge is 0.184 e. The van der Waals surface area contributed by atoms with E-state index in [9.17, 15) is 15.3 Å². The topological polar surface area (TPSA) is 97.6 Å². The Bertz CT molecular complexity index is 1220. The van der Waals surface area contributed by atoms with E-state index in [0.717, 1.165) is 22.3 Å². The molecule has 0 aliphatic carbocycles. The second kappa shape index (κ2) is 12.7. The van der Waals surface area contributed by atoms with Gasteiger partial charge in [0, 0.05) is 0 Å². The lowest BCUT2D eigenvalue weighted by molar-refractivity contribution is -0.302. The van der Waals surface area contributed by atoms with E-state index in [1.54, 1.807) is 19.2 Å². The van der Waals surface area contributed by atoms with Crippen molar-refractivity contribution in [1.29, 1.82) is 0 Å². The molecule has 40 heavy (non-hydrogen) atoms. The summed E-state index contributed by atoms with van der Waals surface area (Å²) in [6.07, 6.45) is -6.37. The zero-order chi connectivity index (χ0) is 28.0. The third-order valence-corrected chi connectivity index (χ3v) is 7.27. The minimum Gasteiger partial charge on any atom is -0.497 e. The minimum atomic E-state index is -1.47. The van der Waals surface area contributed by atoms with Crippen LogP contribution in [-0.4, -0.2) is 59.7 Å². The Labute approximate surface area is 234 Å². The Morgan fingerprint density at radius 2 is 1.18 bits per heavy atom. The molecule has 7 nitrogen and oxygen atoms in total. The first-order chi connectivity index (χ1) is 19.5. The van der Waals surface area contributed by atoms with Crippen molar-refractivity contribution in [2.75, 3.05) is 13.7 Å². The van der Waals surface area contributed by atoms with Gasteiger partial charge in [-0.15, -0.1) is 0 Å². The maximum Gasteiger partial charge on any atom is 0.184 e. The van der Waals surface area contributed by atoms with Crippen LogP contribution in [0.1, 0.15) is 22.3 Å². The summed E-state index contributed by atoms with van der Waals surface area (Å²) >= 11 is 0. The van der Waals surface area contributed by atoms with Gasteiger partial charge in [0.15, 0.2) is 6.29 Å². The van der Waals surface area contributed by atoms with Crippen LogP contribution in [-0.2, 0) is 26.4 Å². The third kappa shape index (κ3) is 5.81. The monoisotopic (exact) mass is 542 g/mol. The number of benzene rings is 4. The molecule has 1 heterocycles. The number of rotatable bonds is 10. The Morgan fingerprint density at radius 1 is 0.675 bits per heavy atom. The summed E-state index contributed by atoms with van der Waals surface area (Å²) in [5, 5.41) is 32.7. The van der Waals surface area contributed by atoms with Crippen molar-refractivity contribution in [2.24, 2.45) is 0 Å². The number of methoxy groups -OCH3 is 1. The largest absolute Gasteiger partial charge is 0.497 e. The summed E-state index contributed by atoms with van der Waals surface area (Å²) in [5.74, 6) is 0.709. The summed E-state index contributed by atoms with van der Waals surface area (Å²) in [5.41, 5.74) is 2.45. The molecule has 0 spiro atoms. The van der Waals surface area contributed by atoms with E-state index in [2.05, 4.69) is 0 Å². The van der Waals surface area contributed by atoms with E-state index in [-0.39, 0.29) is 13.2 Å². The van der Waals surface area contributed by atoms with Crippen molar-refractivity contribution in [3.05, 3.63) is 138 Å².